The highest BCUT2D eigenvalue weighted by atomic mass is 19.1. The molecule has 112 valence electrons. The molecule has 0 aliphatic heterocycles. The lowest BCUT2D eigenvalue weighted by molar-refractivity contribution is 0.102. The van der Waals surface area contributed by atoms with Gasteiger partial charge in [0.15, 0.2) is 5.58 Å². The topological polar surface area (TPSA) is 64.2 Å². The first kappa shape index (κ1) is 14.0. The Morgan fingerprint density at radius 1 is 1.18 bits per heavy atom. The quantitative estimate of drug-likeness (QED) is 0.791. The monoisotopic (exact) mass is 304 g/mol. The van der Waals surface area contributed by atoms with Gasteiger partial charge >= 0.3 is 5.76 Å². The second-order valence-corrected chi connectivity index (χ2v) is 4.69. The molecule has 5 nitrogen and oxygen atoms in total. The number of rotatable bonds is 2. The highest BCUT2D eigenvalue weighted by Gasteiger charge is 2.13. The predicted octanol–water partition coefficient (Wildman–Crippen LogP) is 2.66. The van der Waals surface area contributed by atoms with Gasteiger partial charge < -0.3 is 9.73 Å². The lowest BCUT2D eigenvalue weighted by Crippen LogP contribution is -2.13. The number of aromatic nitrogens is 1. The van der Waals surface area contributed by atoms with Gasteiger partial charge in [0.2, 0.25) is 0 Å². The van der Waals surface area contributed by atoms with Crippen LogP contribution in [-0.2, 0) is 7.05 Å². The Kier molecular flexibility index (Phi) is 3.25. The summed E-state index contributed by atoms with van der Waals surface area (Å²) in [5.74, 6) is -2.73. The zero-order valence-electron chi connectivity index (χ0n) is 11.4. The number of amides is 1. The largest absolute Gasteiger partial charge is 0.419 e. The molecule has 1 amide bonds. The summed E-state index contributed by atoms with van der Waals surface area (Å²) in [6.45, 7) is 0. The number of fused-ring (bicyclic) bond motifs is 1. The maximum Gasteiger partial charge on any atom is 0.419 e. The molecule has 0 saturated carbocycles. The van der Waals surface area contributed by atoms with Crippen LogP contribution in [0.15, 0.2) is 45.6 Å². The minimum Gasteiger partial charge on any atom is -0.408 e. The summed E-state index contributed by atoms with van der Waals surface area (Å²) in [5, 5.41) is 2.35. The zero-order valence-corrected chi connectivity index (χ0v) is 11.4. The number of hydrogen-bond donors (Lipinski definition) is 1. The Labute approximate surface area is 122 Å². The lowest BCUT2D eigenvalue weighted by Gasteiger charge is -2.06. The highest BCUT2D eigenvalue weighted by Crippen LogP contribution is 2.18. The summed E-state index contributed by atoms with van der Waals surface area (Å²) in [6, 6.07) is 7.24. The average molecular weight is 304 g/mol. The Morgan fingerprint density at radius 3 is 2.68 bits per heavy atom. The number of anilines is 1. The van der Waals surface area contributed by atoms with E-state index in [0.29, 0.717) is 17.2 Å². The smallest absolute Gasteiger partial charge is 0.408 e. The summed E-state index contributed by atoms with van der Waals surface area (Å²) in [5.41, 5.74) is 0.870. The van der Waals surface area contributed by atoms with Gasteiger partial charge in [0.1, 0.15) is 11.6 Å². The van der Waals surface area contributed by atoms with Crippen molar-refractivity contribution < 1.29 is 18.0 Å². The minimum absolute atomic E-state index is 0.132. The maximum atomic E-state index is 13.5. The van der Waals surface area contributed by atoms with Crippen LogP contribution in [0.4, 0.5) is 14.5 Å². The van der Waals surface area contributed by atoms with Gasteiger partial charge in [0, 0.05) is 18.7 Å². The Morgan fingerprint density at radius 2 is 1.95 bits per heavy atom. The number of nitrogens with zero attached hydrogens (tertiary/aromatic N) is 1. The third-order valence-corrected chi connectivity index (χ3v) is 3.23. The van der Waals surface area contributed by atoms with E-state index in [1.54, 1.807) is 0 Å². The molecule has 1 heterocycles. The fourth-order valence-corrected chi connectivity index (χ4v) is 2.05. The molecule has 0 aliphatic rings. The third kappa shape index (κ3) is 2.37. The van der Waals surface area contributed by atoms with E-state index in [1.807, 2.05) is 0 Å². The van der Waals surface area contributed by atoms with Gasteiger partial charge in [0.05, 0.1) is 11.2 Å². The number of oxazole rings is 1. The van der Waals surface area contributed by atoms with Crippen LogP contribution < -0.4 is 11.1 Å². The van der Waals surface area contributed by atoms with E-state index in [4.69, 9.17) is 4.42 Å². The second-order valence-electron chi connectivity index (χ2n) is 4.69. The van der Waals surface area contributed by atoms with Crippen molar-refractivity contribution in [1.82, 2.24) is 4.57 Å². The molecule has 3 aromatic rings. The van der Waals surface area contributed by atoms with Crippen LogP contribution in [0, 0.1) is 11.6 Å². The van der Waals surface area contributed by atoms with Gasteiger partial charge in [-0.2, -0.15) is 0 Å². The molecule has 0 bridgehead atoms. The Hall–Kier alpha value is -2.96. The third-order valence-electron chi connectivity index (χ3n) is 3.23. The van der Waals surface area contributed by atoms with E-state index in [0.717, 1.165) is 12.1 Å². The van der Waals surface area contributed by atoms with Gasteiger partial charge in [-0.1, -0.05) is 0 Å². The van der Waals surface area contributed by atoms with Gasteiger partial charge in [0.25, 0.3) is 5.91 Å². The van der Waals surface area contributed by atoms with E-state index in [1.165, 1.54) is 29.8 Å². The van der Waals surface area contributed by atoms with Crippen LogP contribution in [0.3, 0.4) is 0 Å². The second kappa shape index (κ2) is 5.10. The summed E-state index contributed by atoms with van der Waals surface area (Å²) in [7, 11) is 1.51. The summed E-state index contributed by atoms with van der Waals surface area (Å²) in [4.78, 5) is 23.5. The molecule has 0 saturated heterocycles. The maximum absolute atomic E-state index is 13.5. The number of carbonyl (C=O) groups is 1. The molecule has 22 heavy (non-hydrogen) atoms. The first-order valence-electron chi connectivity index (χ1n) is 6.31. The molecule has 2 aromatic carbocycles. The number of halogens is 2. The van der Waals surface area contributed by atoms with E-state index in [2.05, 4.69) is 5.32 Å². The molecule has 7 heteroatoms. The van der Waals surface area contributed by atoms with Crippen molar-refractivity contribution in [2.45, 2.75) is 0 Å². The molecular weight excluding hydrogens is 294 g/mol. The van der Waals surface area contributed by atoms with Gasteiger partial charge in [-0.15, -0.1) is 0 Å². The number of carbonyl (C=O) groups excluding carboxylic acids is 1. The molecule has 0 aliphatic carbocycles. The molecule has 1 N–H and O–H groups in total. The van der Waals surface area contributed by atoms with Crippen LogP contribution in [-0.4, -0.2) is 10.5 Å². The summed E-state index contributed by atoms with van der Waals surface area (Å²) < 4.78 is 32.6. The van der Waals surface area contributed by atoms with Crippen molar-refractivity contribution in [3.05, 3.63) is 64.1 Å². The van der Waals surface area contributed by atoms with Crippen molar-refractivity contribution in [2.24, 2.45) is 7.05 Å². The lowest BCUT2D eigenvalue weighted by atomic mass is 10.2. The SMILES string of the molecule is Cn1c(=O)oc2ccc(C(=O)Nc3ccc(F)cc3F)cc21. The normalized spacial score (nSPS) is 10.9. The highest BCUT2D eigenvalue weighted by molar-refractivity contribution is 6.05. The molecule has 3 rings (SSSR count). The van der Waals surface area contributed by atoms with Crippen LogP contribution in [0.2, 0.25) is 0 Å². The molecular formula is C15H10F2N2O3. The fourth-order valence-electron chi connectivity index (χ4n) is 2.05. The van der Waals surface area contributed by atoms with E-state index in [9.17, 15) is 18.4 Å². The zero-order chi connectivity index (χ0) is 15.9. The van der Waals surface area contributed by atoms with Gasteiger partial charge in [-0.25, -0.2) is 13.6 Å². The molecule has 0 spiro atoms. The van der Waals surface area contributed by atoms with Crippen LogP contribution >= 0.6 is 0 Å². The Bertz CT molecular complexity index is 944. The summed E-state index contributed by atoms with van der Waals surface area (Å²) in [6.07, 6.45) is 0. The predicted molar refractivity (Wildman–Crippen MR) is 75.8 cm³/mol. The van der Waals surface area contributed by atoms with Crippen molar-refractivity contribution in [3.8, 4) is 0 Å². The van der Waals surface area contributed by atoms with Gasteiger partial charge in [-0.3, -0.25) is 9.36 Å². The van der Waals surface area contributed by atoms with E-state index in [-0.39, 0.29) is 11.3 Å². The average Bonchev–Trinajstić information content (AvgIpc) is 2.77. The first-order valence-corrected chi connectivity index (χ1v) is 6.31. The van der Waals surface area contributed by atoms with Gasteiger partial charge in [-0.05, 0) is 30.3 Å². The number of hydrogen-bond acceptors (Lipinski definition) is 3. The van der Waals surface area contributed by atoms with Crippen molar-refractivity contribution in [3.63, 3.8) is 0 Å². The van der Waals surface area contributed by atoms with E-state index < -0.39 is 23.3 Å². The van der Waals surface area contributed by atoms with Crippen LogP contribution in [0.25, 0.3) is 11.1 Å². The number of nitrogens with one attached hydrogen (secondary N) is 1. The standard InChI is InChI=1S/C15H10F2N2O3/c1-19-12-6-8(2-5-13(12)22-15(19)21)14(20)18-11-4-3-9(16)7-10(11)17/h2-7H,1H3,(H,18,20). The van der Waals surface area contributed by atoms with Crippen molar-refractivity contribution >= 4 is 22.7 Å². The molecule has 0 fully saturated rings. The Balaban J connectivity index is 1.95. The molecule has 0 unspecified atom stereocenters. The first-order chi connectivity index (χ1) is 10.5. The summed E-state index contributed by atoms with van der Waals surface area (Å²) >= 11 is 0. The number of benzene rings is 2. The molecule has 1 aromatic heterocycles. The fraction of sp³-hybridized carbons (Fsp3) is 0.0667. The van der Waals surface area contributed by atoms with Crippen LogP contribution in [0.1, 0.15) is 10.4 Å². The van der Waals surface area contributed by atoms with Crippen molar-refractivity contribution in [1.29, 1.82) is 0 Å². The molecule has 0 atom stereocenters. The minimum atomic E-state index is -0.870. The number of aryl methyl sites for hydroxylation is 1. The van der Waals surface area contributed by atoms with Crippen molar-refractivity contribution in [2.75, 3.05) is 5.32 Å². The van der Waals surface area contributed by atoms with Crippen LogP contribution in [0.5, 0.6) is 0 Å². The molecule has 0 radical (unpaired) electrons. The van der Waals surface area contributed by atoms with E-state index >= 15 is 0 Å².